The largest absolute Gasteiger partial charge is 0.506 e. The van der Waals surface area contributed by atoms with Gasteiger partial charge in [0, 0.05) is 11.1 Å². The molecular weight excluding hydrogens is 447 g/mol. The van der Waals surface area contributed by atoms with Crippen LogP contribution in [0.1, 0.15) is 18.1 Å². The number of anilines is 1. The van der Waals surface area contributed by atoms with E-state index in [-0.39, 0.29) is 22.8 Å². The van der Waals surface area contributed by atoms with Crippen LogP contribution in [0.15, 0.2) is 77.5 Å². The van der Waals surface area contributed by atoms with Gasteiger partial charge < -0.3 is 16.2 Å². The fourth-order valence-corrected chi connectivity index (χ4v) is 3.76. The number of allylic oxidation sites excluding steroid dienone is 1. The summed E-state index contributed by atoms with van der Waals surface area (Å²) >= 11 is -1.91. The molecule has 0 aliphatic carbocycles. The zero-order valence-electron chi connectivity index (χ0n) is 17.5. The number of carbonyl (C=O) groups excluding carboxylic acids is 1. The molecule has 170 valence electrons. The highest BCUT2D eigenvalue weighted by atomic mass is 32.2. The van der Waals surface area contributed by atoms with E-state index in [2.05, 4.69) is 9.60 Å². The van der Waals surface area contributed by atoms with E-state index in [9.17, 15) is 18.5 Å². The molecule has 0 saturated heterocycles. The number of nitrogens with one attached hydrogen (secondary N) is 2. The SMILES string of the molecule is CC(=C(F)C(=O)Nc1ccc(-c2ccccc2S(=O)ON)cc1O)c1cccc(C(=N)N)c1. The molecule has 0 heterocycles. The third-order valence-corrected chi connectivity index (χ3v) is 5.74. The quantitative estimate of drug-likeness (QED) is 0.117. The maximum Gasteiger partial charge on any atom is 0.284 e. The van der Waals surface area contributed by atoms with Crippen molar-refractivity contribution < 1.29 is 22.8 Å². The van der Waals surface area contributed by atoms with Gasteiger partial charge in [-0.2, -0.15) is 10.2 Å². The van der Waals surface area contributed by atoms with Crippen LogP contribution in [-0.2, 0) is 20.2 Å². The first kappa shape index (κ1) is 23.8. The molecule has 3 aromatic rings. The first-order valence-electron chi connectivity index (χ1n) is 9.57. The van der Waals surface area contributed by atoms with E-state index in [1.165, 1.54) is 25.1 Å². The second-order valence-corrected chi connectivity index (χ2v) is 8.05. The summed E-state index contributed by atoms with van der Waals surface area (Å²) in [4.78, 5) is 12.7. The van der Waals surface area contributed by atoms with Crippen LogP contribution >= 0.6 is 0 Å². The maximum absolute atomic E-state index is 14.8. The zero-order chi connectivity index (χ0) is 24.1. The number of carbonyl (C=O) groups is 1. The van der Waals surface area contributed by atoms with Gasteiger partial charge >= 0.3 is 0 Å². The van der Waals surface area contributed by atoms with Gasteiger partial charge in [-0.3, -0.25) is 10.2 Å². The number of nitrogens with two attached hydrogens (primary N) is 2. The summed E-state index contributed by atoms with van der Waals surface area (Å²) in [5.74, 6) is 2.42. The summed E-state index contributed by atoms with van der Waals surface area (Å²) < 4.78 is 31.2. The van der Waals surface area contributed by atoms with Gasteiger partial charge in [0.2, 0.25) is 11.1 Å². The van der Waals surface area contributed by atoms with E-state index < -0.39 is 22.8 Å². The maximum atomic E-state index is 14.8. The Morgan fingerprint density at radius 3 is 2.45 bits per heavy atom. The molecule has 0 aliphatic rings. The summed E-state index contributed by atoms with van der Waals surface area (Å²) in [7, 11) is 0. The van der Waals surface area contributed by atoms with Crippen LogP contribution in [-0.4, -0.2) is 21.1 Å². The number of amidine groups is 1. The van der Waals surface area contributed by atoms with E-state index in [4.69, 9.17) is 17.0 Å². The summed E-state index contributed by atoms with van der Waals surface area (Å²) in [5, 5.41) is 20.2. The summed E-state index contributed by atoms with van der Waals surface area (Å²) in [6, 6.07) is 17.2. The lowest BCUT2D eigenvalue weighted by atomic mass is 10.0. The average molecular weight is 469 g/mol. The predicted octanol–water partition coefficient (Wildman–Crippen LogP) is 3.60. The Morgan fingerprint density at radius 2 is 1.79 bits per heavy atom. The van der Waals surface area contributed by atoms with Crippen LogP contribution in [0.2, 0.25) is 0 Å². The highest BCUT2D eigenvalue weighted by molar-refractivity contribution is 7.80. The zero-order valence-corrected chi connectivity index (χ0v) is 18.3. The molecule has 0 aromatic heterocycles. The first-order valence-corrected chi connectivity index (χ1v) is 10.6. The van der Waals surface area contributed by atoms with Crippen molar-refractivity contribution in [3.63, 3.8) is 0 Å². The van der Waals surface area contributed by atoms with Gasteiger partial charge in [-0.15, -0.1) is 0 Å². The molecule has 3 aromatic carbocycles. The Hall–Kier alpha value is -3.86. The lowest BCUT2D eigenvalue weighted by molar-refractivity contribution is -0.114. The summed E-state index contributed by atoms with van der Waals surface area (Å²) in [6.45, 7) is 1.42. The number of hydrogen-bond donors (Lipinski definition) is 5. The van der Waals surface area contributed by atoms with Gasteiger partial charge in [0.15, 0.2) is 5.83 Å². The highest BCUT2D eigenvalue weighted by Crippen LogP contribution is 2.33. The van der Waals surface area contributed by atoms with Crippen LogP contribution in [0.5, 0.6) is 5.75 Å². The molecular formula is C23H21FN4O4S. The van der Waals surface area contributed by atoms with E-state index in [0.717, 1.165) is 0 Å². The molecule has 0 saturated carbocycles. The Balaban J connectivity index is 1.87. The number of benzene rings is 3. The number of halogens is 1. The molecule has 8 nitrogen and oxygen atoms in total. The van der Waals surface area contributed by atoms with Gasteiger partial charge in [0.25, 0.3) is 5.91 Å². The van der Waals surface area contributed by atoms with E-state index in [1.54, 1.807) is 48.5 Å². The van der Waals surface area contributed by atoms with Crippen molar-refractivity contribution in [1.29, 1.82) is 5.41 Å². The molecule has 1 atom stereocenters. The number of amides is 1. The van der Waals surface area contributed by atoms with Crippen molar-refractivity contribution in [2.24, 2.45) is 11.6 Å². The van der Waals surface area contributed by atoms with Crippen molar-refractivity contribution in [2.75, 3.05) is 5.32 Å². The van der Waals surface area contributed by atoms with Crippen LogP contribution in [0.3, 0.4) is 0 Å². The fraction of sp³-hybridized carbons (Fsp3) is 0.0435. The van der Waals surface area contributed by atoms with Crippen molar-refractivity contribution in [3.05, 3.63) is 83.7 Å². The van der Waals surface area contributed by atoms with Crippen LogP contribution in [0.25, 0.3) is 16.7 Å². The van der Waals surface area contributed by atoms with Crippen LogP contribution < -0.4 is 16.9 Å². The monoisotopic (exact) mass is 468 g/mol. The Bertz CT molecular complexity index is 1290. The first-order chi connectivity index (χ1) is 15.7. The van der Waals surface area contributed by atoms with Gasteiger partial charge in [-0.05, 0) is 47.9 Å². The number of hydrogen-bond acceptors (Lipinski definition) is 6. The lowest BCUT2D eigenvalue weighted by Crippen LogP contribution is -2.14. The molecule has 0 radical (unpaired) electrons. The van der Waals surface area contributed by atoms with Gasteiger partial charge in [0.1, 0.15) is 11.6 Å². The molecule has 0 fully saturated rings. The van der Waals surface area contributed by atoms with E-state index >= 15 is 0 Å². The van der Waals surface area contributed by atoms with E-state index in [1.807, 2.05) is 0 Å². The standard InChI is InChI=1S/C23H21FN4O4S/c1-13(14-5-4-6-16(11-14)22(25)26)21(24)23(30)28-18-10-9-15(12-19(18)29)17-7-2-3-8-20(17)33(31)32-27/h2-12,29H,27H2,1H3,(H3,25,26)(H,28,30). The van der Waals surface area contributed by atoms with E-state index in [0.29, 0.717) is 27.1 Å². The third-order valence-electron chi connectivity index (χ3n) is 4.85. The summed E-state index contributed by atoms with van der Waals surface area (Å²) in [5.41, 5.74) is 7.27. The van der Waals surface area contributed by atoms with Gasteiger partial charge in [-0.1, -0.05) is 42.5 Å². The number of aromatic hydroxyl groups is 1. The predicted molar refractivity (Wildman–Crippen MR) is 125 cm³/mol. The normalized spacial score (nSPS) is 12.6. The lowest BCUT2D eigenvalue weighted by Gasteiger charge is -2.12. The van der Waals surface area contributed by atoms with Crippen LogP contribution in [0.4, 0.5) is 10.1 Å². The minimum Gasteiger partial charge on any atom is -0.506 e. The molecule has 10 heteroatoms. The third kappa shape index (κ3) is 5.32. The highest BCUT2D eigenvalue weighted by Gasteiger charge is 2.18. The van der Waals surface area contributed by atoms with Crippen molar-refractivity contribution in [1.82, 2.24) is 0 Å². The number of rotatable bonds is 7. The fourth-order valence-electron chi connectivity index (χ4n) is 3.10. The molecule has 1 amide bonds. The Morgan fingerprint density at radius 1 is 1.09 bits per heavy atom. The van der Waals surface area contributed by atoms with Crippen molar-refractivity contribution >= 4 is 34.1 Å². The molecule has 0 aliphatic heterocycles. The molecule has 0 bridgehead atoms. The van der Waals surface area contributed by atoms with Gasteiger partial charge in [-0.25, -0.2) is 8.60 Å². The minimum absolute atomic E-state index is 0.0159. The summed E-state index contributed by atoms with van der Waals surface area (Å²) in [6.07, 6.45) is 0. The molecule has 0 spiro atoms. The minimum atomic E-state index is -1.91. The number of phenols is 1. The topological polar surface area (TPSA) is 152 Å². The smallest absolute Gasteiger partial charge is 0.284 e. The average Bonchev–Trinajstić information content (AvgIpc) is 2.83. The number of nitrogen functional groups attached to an aromatic ring is 1. The molecule has 33 heavy (non-hydrogen) atoms. The van der Waals surface area contributed by atoms with Crippen molar-refractivity contribution in [2.45, 2.75) is 11.8 Å². The molecule has 7 N–H and O–H groups in total. The molecule has 1 unspecified atom stereocenters. The van der Waals surface area contributed by atoms with Crippen molar-refractivity contribution in [3.8, 4) is 16.9 Å². The second kappa shape index (κ2) is 10.2. The number of phenolic OH excluding ortho intramolecular Hbond substituents is 1. The second-order valence-electron chi connectivity index (χ2n) is 6.95. The Labute approximate surface area is 191 Å². The van der Waals surface area contributed by atoms with Crippen LogP contribution in [0, 0.1) is 5.41 Å². The Kier molecular flexibility index (Phi) is 7.34. The molecule has 3 rings (SSSR count). The van der Waals surface area contributed by atoms with Gasteiger partial charge in [0.05, 0.1) is 10.6 Å².